The van der Waals surface area contributed by atoms with E-state index in [2.05, 4.69) is 0 Å². The van der Waals surface area contributed by atoms with Crippen LogP contribution in [0.3, 0.4) is 0 Å². The number of benzene rings is 3. The molecule has 1 saturated carbocycles. The molecular formula is C27H21ClF2O5. The van der Waals surface area contributed by atoms with Crippen LogP contribution < -0.4 is 9.47 Å². The molecule has 2 aliphatic heterocycles. The summed E-state index contributed by atoms with van der Waals surface area (Å²) in [6.07, 6.45) is 0.549. The number of aliphatic hydroxyl groups is 1. The third kappa shape index (κ3) is 2.98. The first-order valence-corrected chi connectivity index (χ1v) is 11.7. The fraction of sp³-hybridized carbons (Fsp3) is 0.296. The SMILES string of the molecule is COC(=O)c1cc2c(c(F)c1-c1c(Cl)c(F)cc3c1[C@H](C)[C@@](CO)(c1ccccc1)O3)C1CC1O2. The van der Waals surface area contributed by atoms with Crippen LogP contribution in [0.4, 0.5) is 8.78 Å². The van der Waals surface area contributed by atoms with Gasteiger partial charge in [-0.3, -0.25) is 0 Å². The summed E-state index contributed by atoms with van der Waals surface area (Å²) in [5.74, 6) is -2.59. The Morgan fingerprint density at radius 3 is 2.60 bits per heavy atom. The van der Waals surface area contributed by atoms with Gasteiger partial charge in [0.15, 0.2) is 5.60 Å². The fourth-order valence-electron chi connectivity index (χ4n) is 5.55. The molecule has 0 bridgehead atoms. The van der Waals surface area contributed by atoms with Gasteiger partial charge < -0.3 is 19.3 Å². The van der Waals surface area contributed by atoms with Crippen molar-refractivity contribution >= 4 is 17.6 Å². The summed E-state index contributed by atoms with van der Waals surface area (Å²) in [5.41, 5.74) is -0.0632. The Morgan fingerprint density at radius 1 is 1.17 bits per heavy atom. The average molecular weight is 499 g/mol. The molecule has 0 radical (unpaired) electrons. The van der Waals surface area contributed by atoms with Crippen LogP contribution in [-0.4, -0.2) is 30.9 Å². The lowest BCUT2D eigenvalue weighted by molar-refractivity contribution is 0.00737. The zero-order valence-electron chi connectivity index (χ0n) is 18.9. The van der Waals surface area contributed by atoms with Crippen molar-refractivity contribution in [3.05, 3.63) is 81.4 Å². The molecule has 5 nitrogen and oxygen atoms in total. The molecule has 3 aromatic rings. The second kappa shape index (κ2) is 7.67. The van der Waals surface area contributed by atoms with E-state index < -0.39 is 35.7 Å². The molecule has 4 atom stereocenters. The average Bonchev–Trinajstić information content (AvgIpc) is 3.43. The van der Waals surface area contributed by atoms with Gasteiger partial charge in [-0.25, -0.2) is 13.6 Å². The molecule has 3 aromatic carbocycles. The standard InChI is InChI=1S/C27H21ClF2O5/c1-12-20-19(35-27(12,11-31)13-6-4-3-5-7-13)10-16(29)24(28)23(20)22-15(26(32)33-2)9-18-21(25(22)30)14-8-17(14)34-18/h3-7,9-10,12,14,17,31H,8,11H2,1-2H3/t12-,14?,17?,27-/m0/s1. The lowest BCUT2D eigenvalue weighted by Crippen LogP contribution is -2.38. The molecule has 1 aliphatic carbocycles. The summed E-state index contributed by atoms with van der Waals surface area (Å²) < 4.78 is 48.3. The van der Waals surface area contributed by atoms with Crippen LogP contribution in [0.2, 0.25) is 5.02 Å². The van der Waals surface area contributed by atoms with E-state index >= 15 is 8.78 Å². The van der Waals surface area contributed by atoms with E-state index in [9.17, 15) is 9.90 Å². The number of carbonyl (C=O) groups excluding carboxylic acids is 1. The number of fused-ring (bicyclic) bond motifs is 4. The van der Waals surface area contributed by atoms with Crippen LogP contribution >= 0.6 is 11.6 Å². The van der Waals surface area contributed by atoms with Crippen molar-refractivity contribution in [3.63, 3.8) is 0 Å². The van der Waals surface area contributed by atoms with Gasteiger partial charge in [0, 0.05) is 40.2 Å². The Balaban J connectivity index is 1.65. The fourth-order valence-corrected chi connectivity index (χ4v) is 5.80. The number of carbonyl (C=O) groups is 1. The van der Waals surface area contributed by atoms with Gasteiger partial charge in [0.05, 0.1) is 24.3 Å². The highest BCUT2D eigenvalue weighted by molar-refractivity contribution is 6.34. The second-order valence-corrected chi connectivity index (χ2v) is 9.59. The van der Waals surface area contributed by atoms with Crippen LogP contribution in [0.15, 0.2) is 42.5 Å². The molecule has 3 aliphatic rings. The van der Waals surface area contributed by atoms with Crippen molar-refractivity contribution in [3.8, 4) is 22.6 Å². The number of hydrogen-bond acceptors (Lipinski definition) is 5. The Labute approximate surface area is 205 Å². The number of hydrogen-bond donors (Lipinski definition) is 1. The summed E-state index contributed by atoms with van der Waals surface area (Å²) in [4.78, 5) is 12.8. The van der Waals surface area contributed by atoms with Crippen molar-refractivity contribution in [2.75, 3.05) is 13.7 Å². The Bertz CT molecular complexity index is 1390. The van der Waals surface area contributed by atoms with E-state index in [4.69, 9.17) is 25.8 Å². The van der Waals surface area contributed by atoms with Crippen LogP contribution in [0.1, 0.15) is 52.2 Å². The first kappa shape index (κ1) is 22.3. The number of ether oxygens (including phenoxy) is 3. The van der Waals surface area contributed by atoms with Crippen LogP contribution in [0.25, 0.3) is 11.1 Å². The van der Waals surface area contributed by atoms with Crippen molar-refractivity contribution in [2.45, 2.75) is 36.9 Å². The Kier molecular flexibility index (Phi) is 4.89. The van der Waals surface area contributed by atoms with E-state index in [-0.39, 0.29) is 45.2 Å². The minimum absolute atomic E-state index is 0.0187. The number of halogens is 3. The monoisotopic (exact) mass is 498 g/mol. The second-order valence-electron chi connectivity index (χ2n) is 9.21. The number of methoxy groups -OCH3 is 1. The molecule has 2 heterocycles. The summed E-state index contributed by atoms with van der Waals surface area (Å²) in [7, 11) is 1.19. The van der Waals surface area contributed by atoms with Gasteiger partial charge in [0.2, 0.25) is 0 Å². The third-order valence-electron chi connectivity index (χ3n) is 7.45. The molecule has 0 saturated heterocycles. The van der Waals surface area contributed by atoms with E-state index in [0.717, 1.165) is 6.07 Å². The smallest absolute Gasteiger partial charge is 0.338 e. The predicted molar refractivity (Wildman–Crippen MR) is 124 cm³/mol. The van der Waals surface area contributed by atoms with Crippen molar-refractivity contribution in [1.82, 2.24) is 0 Å². The van der Waals surface area contributed by atoms with E-state index in [1.807, 2.05) is 18.2 Å². The minimum atomic E-state index is -1.25. The zero-order chi connectivity index (χ0) is 24.6. The quantitative estimate of drug-likeness (QED) is 0.467. The first-order chi connectivity index (χ1) is 16.8. The molecule has 0 spiro atoms. The highest BCUT2D eigenvalue weighted by Gasteiger charge is 2.53. The topological polar surface area (TPSA) is 65.0 Å². The molecule has 35 heavy (non-hydrogen) atoms. The van der Waals surface area contributed by atoms with Gasteiger partial charge >= 0.3 is 5.97 Å². The molecule has 1 fully saturated rings. The molecule has 0 amide bonds. The number of esters is 1. The molecule has 180 valence electrons. The predicted octanol–water partition coefficient (Wildman–Crippen LogP) is 5.70. The Morgan fingerprint density at radius 2 is 1.91 bits per heavy atom. The van der Waals surface area contributed by atoms with Gasteiger partial charge in [-0.2, -0.15) is 0 Å². The van der Waals surface area contributed by atoms with E-state index in [1.165, 1.54) is 13.2 Å². The highest BCUT2D eigenvalue weighted by Crippen LogP contribution is 2.59. The molecule has 2 unspecified atom stereocenters. The van der Waals surface area contributed by atoms with Gasteiger partial charge in [-0.15, -0.1) is 0 Å². The Hall–Kier alpha value is -3.16. The van der Waals surface area contributed by atoms with Crippen LogP contribution in [-0.2, 0) is 10.3 Å². The third-order valence-corrected chi connectivity index (χ3v) is 7.82. The maximum absolute atomic E-state index is 16.2. The molecule has 8 heteroatoms. The summed E-state index contributed by atoms with van der Waals surface area (Å²) in [6, 6.07) is 11.6. The lowest BCUT2D eigenvalue weighted by Gasteiger charge is -2.32. The van der Waals surface area contributed by atoms with Gasteiger partial charge in [-0.1, -0.05) is 48.9 Å². The van der Waals surface area contributed by atoms with Gasteiger partial charge in [0.1, 0.15) is 29.2 Å². The van der Waals surface area contributed by atoms with Crippen molar-refractivity contribution in [2.24, 2.45) is 0 Å². The van der Waals surface area contributed by atoms with Crippen LogP contribution in [0.5, 0.6) is 11.5 Å². The highest BCUT2D eigenvalue weighted by atomic mass is 35.5. The number of rotatable bonds is 4. The van der Waals surface area contributed by atoms with Crippen molar-refractivity contribution in [1.29, 1.82) is 0 Å². The molecule has 0 aromatic heterocycles. The maximum atomic E-state index is 16.2. The normalized spacial score (nSPS) is 25.3. The number of aliphatic hydroxyl groups excluding tert-OH is 1. The van der Waals surface area contributed by atoms with E-state index in [1.54, 1.807) is 19.1 Å². The molecular weight excluding hydrogens is 478 g/mol. The molecule has 6 rings (SSSR count). The van der Waals surface area contributed by atoms with Crippen molar-refractivity contribution < 1.29 is 32.9 Å². The first-order valence-electron chi connectivity index (χ1n) is 11.3. The van der Waals surface area contributed by atoms with Gasteiger partial charge in [-0.05, 0) is 18.1 Å². The lowest BCUT2D eigenvalue weighted by atomic mass is 9.78. The minimum Gasteiger partial charge on any atom is -0.489 e. The van der Waals surface area contributed by atoms with Crippen LogP contribution in [0, 0.1) is 11.6 Å². The van der Waals surface area contributed by atoms with E-state index in [0.29, 0.717) is 23.1 Å². The summed E-state index contributed by atoms with van der Waals surface area (Å²) in [6.45, 7) is 1.38. The summed E-state index contributed by atoms with van der Waals surface area (Å²) >= 11 is 6.51. The largest absolute Gasteiger partial charge is 0.489 e. The maximum Gasteiger partial charge on any atom is 0.338 e. The summed E-state index contributed by atoms with van der Waals surface area (Å²) in [5, 5.41) is 10.2. The molecule has 1 N–H and O–H groups in total. The van der Waals surface area contributed by atoms with Gasteiger partial charge in [0.25, 0.3) is 0 Å². The zero-order valence-corrected chi connectivity index (χ0v) is 19.7.